The second-order valence-electron chi connectivity index (χ2n) is 4.76. The van der Waals surface area contributed by atoms with Crippen LogP contribution in [-0.4, -0.2) is 36.0 Å². The summed E-state index contributed by atoms with van der Waals surface area (Å²) >= 11 is 0. The van der Waals surface area contributed by atoms with E-state index in [2.05, 4.69) is 19.2 Å². The average molecular weight is 227 g/mol. The Labute approximate surface area is 96.3 Å². The Bertz CT molecular complexity index is 320. The van der Waals surface area contributed by atoms with E-state index in [1.807, 2.05) is 19.1 Å². The Hall–Kier alpha value is -0.840. The maximum Gasteiger partial charge on any atom is 0.111 e. The van der Waals surface area contributed by atoms with Gasteiger partial charge >= 0.3 is 0 Å². The lowest BCUT2D eigenvalue weighted by atomic mass is 9.90. The second kappa shape index (κ2) is 5.48. The standard InChI is InChI=1S/C12H21NO3/c1-9-4-5-11(16-9)12(2,3)8-13-6-10(15)7-14/h4-5,10,13-15H,6-8H2,1-3H3. The number of aliphatic hydroxyl groups is 2. The lowest BCUT2D eigenvalue weighted by molar-refractivity contribution is 0.0931. The topological polar surface area (TPSA) is 65.6 Å². The fraction of sp³-hybridized carbons (Fsp3) is 0.667. The number of hydrogen-bond acceptors (Lipinski definition) is 4. The molecule has 1 rings (SSSR count). The van der Waals surface area contributed by atoms with Crippen molar-refractivity contribution >= 4 is 0 Å². The quantitative estimate of drug-likeness (QED) is 0.673. The van der Waals surface area contributed by atoms with Crippen molar-refractivity contribution in [1.82, 2.24) is 5.32 Å². The van der Waals surface area contributed by atoms with Gasteiger partial charge in [-0.25, -0.2) is 0 Å². The van der Waals surface area contributed by atoms with Crippen LogP contribution in [-0.2, 0) is 5.41 Å². The van der Waals surface area contributed by atoms with Gasteiger partial charge in [-0.3, -0.25) is 0 Å². The third-order valence-electron chi connectivity index (χ3n) is 2.57. The van der Waals surface area contributed by atoms with Gasteiger partial charge < -0.3 is 19.9 Å². The number of nitrogens with one attached hydrogen (secondary N) is 1. The molecule has 16 heavy (non-hydrogen) atoms. The molecule has 1 heterocycles. The van der Waals surface area contributed by atoms with Gasteiger partial charge in [0.05, 0.1) is 12.7 Å². The molecule has 1 aromatic rings. The minimum absolute atomic E-state index is 0.122. The molecule has 92 valence electrons. The molecule has 0 aliphatic rings. The molecule has 1 atom stereocenters. The molecule has 0 spiro atoms. The van der Waals surface area contributed by atoms with Gasteiger partial charge in [-0.05, 0) is 19.1 Å². The van der Waals surface area contributed by atoms with Crippen LogP contribution in [0.1, 0.15) is 25.4 Å². The van der Waals surface area contributed by atoms with Gasteiger partial charge in [-0.15, -0.1) is 0 Å². The smallest absolute Gasteiger partial charge is 0.111 e. The zero-order valence-electron chi connectivity index (χ0n) is 10.2. The lowest BCUT2D eigenvalue weighted by Gasteiger charge is -2.23. The highest BCUT2D eigenvalue weighted by Crippen LogP contribution is 2.24. The van der Waals surface area contributed by atoms with Crippen LogP contribution in [0.4, 0.5) is 0 Å². The molecule has 0 fully saturated rings. The van der Waals surface area contributed by atoms with E-state index >= 15 is 0 Å². The number of hydrogen-bond donors (Lipinski definition) is 3. The molecular formula is C12H21NO3. The summed E-state index contributed by atoms with van der Waals surface area (Å²) in [5.74, 6) is 1.83. The molecule has 0 aromatic carbocycles. The maximum atomic E-state index is 9.19. The minimum Gasteiger partial charge on any atom is -0.466 e. The summed E-state index contributed by atoms with van der Waals surface area (Å²) in [4.78, 5) is 0. The molecule has 0 aliphatic heterocycles. The van der Waals surface area contributed by atoms with Crippen molar-refractivity contribution in [1.29, 1.82) is 0 Å². The van der Waals surface area contributed by atoms with E-state index in [0.717, 1.165) is 11.5 Å². The lowest BCUT2D eigenvalue weighted by Crippen LogP contribution is -2.38. The van der Waals surface area contributed by atoms with Crippen LogP contribution in [0.2, 0.25) is 0 Å². The van der Waals surface area contributed by atoms with Crippen LogP contribution in [0.5, 0.6) is 0 Å². The van der Waals surface area contributed by atoms with Crippen molar-refractivity contribution in [2.45, 2.75) is 32.3 Å². The second-order valence-corrected chi connectivity index (χ2v) is 4.76. The fourth-order valence-corrected chi connectivity index (χ4v) is 1.50. The van der Waals surface area contributed by atoms with Crippen molar-refractivity contribution in [2.24, 2.45) is 0 Å². The van der Waals surface area contributed by atoms with Crippen LogP contribution in [0, 0.1) is 6.92 Å². The molecule has 0 aliphatic carbocycles. The first-order valence-electron chi connectivity index (χ1n) is 5.52. The molecule has 4 heteroatoms. The Balaban J connectivity index is 2.46. The number of rotatable bonds is 6. The highest BCUT2D eigenvalue weighted by molar-refractivity contribution is 5.15. The van der Waals surface area contributed by atoms with Gasteiger partial charge in [0.25, 0.3) is 0 Å². The Morgan fingerprint density at radius 1 is 1.44 bits per heavy atom. The average Bonchev–Trinajstić information content (AvgIpc) is 2.65. The van der Waals surface area contributed by atoms with E-state index in [1.54, 1.807) is 0 Å². The molecular weight excluding hydrogens is 206 g/mol. The van der Waals surface area contributed by atoms with Gasteiger partial charge in [-0.2, -0.15) is 0 Å². The molecule has 0 amide bonds. The Morgan fingerprint density at radius 2 is 2.12 bits per heavy atom. The van der Waals surface area contributed by atoms with Crippen LogP contribution in [0.15, 0.2) is 16.5 Å². The predicted octanol–water partition coefficient (Wildman–Crippen LogP) is 0.808. The monoisotopic (exact) mass is 227 g/mol. The summed E-state index contributed by atoms with van der Waals surface area (Å²) < 4.78 is 5.58. The van der Waals surface area contributed by atoms with E-state index in [1.165, 1.54) is 0 Å². The highest BCUT2D eigenvalue weighted by Gasteiger charge is 2.23. The normalized spacial score (nSPS) is 14.1. The first-order valence-corrected chi connectivity index (χ1v) is 5.52. The van der Waals surface area contributed by atoms with Crippen LogP contribution in [0.25, 0.3) is 0 Å². The molecule has 4 nitrogen and oxygen atoms in total. The van der Waals surface area contributed by atoms with E-state index < -0.39 is 6.10 Å². The predicted molar refractivity (Wildman–Crippen MR) is 62.4 cm³/mol. The van der Waals surface area contributed by atoms with Crippen molar-refractivity contribution in [3.63, 3.8) is 0 Å². The van der Waals surface area contributed by atoms with E-state index in [0.29, 0.717) is 13.1 Å². The van der Waals surface area contributed by atoms with Crippen molar-refractivity contribution in [3.8, 4) is 0 Å². The van der Waals surface area contributed by atoms with E-state index in [-0.39, 0.29) is 12.0 Å². The van der Waals surface area contributed by atoms with Crippen molar-refractivity contribution < 1.29 is 14.6 Å². The minimum atomic E-state index is -0.700. The van der Waals surface area contributed by atoms with Crippen molar-refractivity contribution in [2.75, 3.05) is 19.7 Å². The number of aliphatic hydroxyl groups excluding tert-OH is 2. The molecule has 0 saturated carbocycles. The SMILES string of the molecule is Cc1ccc(C(C)(C)CNCC(O)CO)o1. The third-order valence-corrected chi connectivity index (χ3v) is 2.57. The van der Waals surface area contributed by atoms with Gasteiger partial charge in [0.2, 0.25) is 0 Å². The zero-order valence-corrected chi connectivity index (χ0v) is 10.2. The number of furan rings is 1. The van der Waals surface area contributed by atoms with E-state index in [4.69, 9.17) is 9.52 Å². The first-order chi connectivity index (χ1) is 7.45. The zero-order chi connectivity index (χ0) is 12.2. The first kappa shape index (κ1) is 13.2. The summed E-state index contributed by atoms with van der Waals surface area (Å²) in [6.07, 6.45) is -0.700. The summed E-state index contributed by atoms with van der Waals surface area (Å²) in [6.45, 7) is 6.93. The molecule has 3 N–H and O–H groups in total. The third kappa shape index (κ3) is 3.63. The maximum absolute atomic E-state index is 9.19. The van der Waals surface area contributed by atoms with Gasteiger partial charge in [0.15, 0.2) is 0 Å². The van der Waals surface area contributed by atoms with Crippen LogP contribution >= 0.6 is 0 Å². The molecule has 1 unspecified atom stereocenters. The largest absolute Gasteiger partial charge is 0.466 e. The fourth-order valence-electron chi connectivity index (χ4n) is 1.50. The summed E-state index contributed by atoms with van der Waals surface area (Å²) in [7, 11) is 0. The van der Waals surface area contributed by atoms with Gasteiger partial charge in [0.1, 0.15) is 11.5 Å². The van der Waals surface area contributed by atoms with Gasteiger partial charge in [-0.1, -0.05) is 13.8 Å². The highest BCUT2D eigenvalue weighted by atomic mass is 16.3. The molecule has 0 saturated heterocycles. The number of aryl methyl sites for hydroxylation is 1. The van der Waals surface area contributed by atoms with E-state index in [9.17, 15) is 5.11 Å². The van der Waals surface area contributed by atoms with Crippen LogP contribution < -0.4 is 5.32 Å². The van der Waals surface area contributed by atoms with Crippen LogP contribution in [0.3, 0.4) is 0 Å². The summed E-state index contributed by atoms with van der Waals surface area (Å²) in [5.41, 5.74) is -0.122. The van der Waals surface area contributed by atoms with Crippen molar-refractivity contribution in [3.05, 3.63) is 23.7 Å². The summed E-state index contributed by atoms with van der Waals surface area (Å²) in [6, 6.07) is 3.92. The molecule has 0 radical (unpaired) electrons. The Morgan fingerprint density at radius 3 is 2.62 bits per heavy atom. The molecule has 0 bridgehead atoms. The summed E-state index contributed by atoms with van der Waals surface area (Å²) in [5, 5.41) is 21.0. The Kier molecular flexibility index (Phi) is 4.53. The molecule has 1 aromatic heterocycles. The van der Waals surface area contributed by atoms with Gasteiger partial charge in [0, 0.05) is 18.5 Å².